The lowest BCUT2D eigenvalue weighted by Gasteiger charge is -2.19. The molecule has 0 aliphatic carbocycles. The van der Waals surface area contributed by atoms with Crippen molar-refractivity contribution in [3.8, 4) is 11.5 Å². The molecular formula is C17H20FNO2. The Labute approximate surface area is 124 Å². The molecule has 0 spiro atoms. The van der Waals surface area contributed by atoms with Crippen molar-refractivity contribution in [3.63, 3.8) is 0 Å². The molecule has 1 N–H and O–H groups in total. The van der Waals surface area contributed by atoms with E-state index < -0.39 is 0 Å². The van der Waals surface area contributed by atoms with Crippen LogP contribution in [0.25, 0.3) is 0 Å². The number of ether oxygens (including phenoxy) is 2. The SMILES string of the molecule is CCOc1cc(F)ccc1NC(C)c1cccc(OC)c1. The Morgan fingerprint density at radius 2 is 2.00 bits per heavy atom. The Kier molecular flexibility index (Phi) is 5.04. The summed E-state index contributed by atoms with van der Waals surface area (Å²) < 4.78 is 24.0. The van der Waals surface area contributed by atoms with E-state index in [4.69, 9.17) is 9.47 Å². The van der Waals surface area contributed by atoms with Crippen LogP contribution in [0.3, 0.4) is 0 Å². The summed E-state index contributed by atoms with van der Waals surface area (Å²) in [7, 11) is 1.64. The van der Waals surface area contributed by atoms with Crippen molar-refractivity contribution in [3.05, 3.63) is 53.8 Å². The van der Waals surface area contributed by atoms with E-state index >= 15 is 0 Å². The highest BCUT2D eigenvalue weighted by molar-refractivity contribution is 5.57. The van der Waals surface area contributed by atoms with E-state index in [1.165, 1.54) is 12.1 Å². The molecule has 2 aromatic rings. The zero-order valence-corrected chi connectivity index (χ0v) is 12.5. The number of rotatable bonds is 6. The highest BCUT2D eigenvalue weighted by atomic mass is 19.1. The van der Waals surface area contributed by atoms with Crippen LogP contribution in [0.4, 0.5) is 10.1 Å². The normalized spacial score (nSPS) is 11.8. The number of anilines is 1. The molecule has 3 nitrogen and oxygen atoms in total. The molecule has 2 rings (SSSR count). The summed E-state index contributed by atoms with van der Waals surface area (Å²) in [6.07, 6.45) is 0. The van der Waals surface area contributed by atoms with Crippen LogP contribution >= 0.6 is 0 Å². The van der Waals surface area contributed by atoms with Gasteiger partial charge in [0.2, 0.25) is 0 Å². The molecular weight excluding hydrogens is 269 g/mol. The van der Waals surface area contributed by atoms with E-state index in [2.05, 4.69) is 5.32 Å². The molecule has 21 heavy (non-hydrogen) atoms. The monoisotopic (exact) mass is 289 g/mol. The van der Waals surface area contributed by atoms with Crippen molar-refractivity contribution in [2.75, 3.05) is 19.0 Å². The molecule has 0 bridgehead atoms. The van der Waals surface area contributed by atoms with Gasteiger partial charge in [-0.05, 0) is 43.7 Å². The van der Waals surface area contributed by atoms with Crippen molar-refractivity contribution in [1.82, 2.24) is 0 Å². The summed E-state index contributed by atoms with van der Waals surface area (Å²) in [5.74, 6) is 1.02. The fraction of sp³-hybridized carbons (Fsp3) is 0.294. The van der Waals surface area contributed by atoms with E-state index in [0.29, 0.717) is 12.4 Å². The van der Waals surface area contributed by atoms with Gasteiger partial charge >= 0.3 is 0 Å². The minimum Gasteiger partial charge on any atom is -0.497 e. The van der Waals surface area contributed by atoms with Crippen LogP contribution < -0.4 is 14.8 Å². The van der Waals surface area contributed by atoms with Crippen molar-refractivity contribution in [1.29, 1.82) is 0 Å². The molecule has 4 heteroatoms. The largest absolute Gasteiger partial charge is 0.497 e. The molecule has 1 atom stereocenters. The Hall–Kier alpha value is -2.23. The third kappa shape index (κ3) is 3.88. The molecule has 0 aliphatic heterocycles. The van der Waals surface area contributed by atoms with Crippen LogP contribution in [0.2, 0.25) is 0 Å². The zero-order valence-electron chi connectivity index (χ0n) is 12.5. The van der Waals surface area contributed by atoms with Crippen LogP contribution in [-0.4, -0.2) is 13.7 Å². The van der Waals surface area contributed by atoms with Crippen LogP contribution in [0.1, 0.15) is 25.5 Å². The summed E-state index contributed by atoms with van der Waals surface area (Å²) >= 11 is 0. The van der Waals surface area contributed by atoms with Gasteiger partial charge in [0.05, 0.1) is 19.4 Å². The highest BCUT2D eigenvalue weighted by Gasteiger charge is 2.11. The molecule has 0 aliphatic rings. The van der Waals surface area contributed by atoms with E-state index in [1.807, 2.05) is 38.1 Å². The molecule has 0 saturated carbocycles. The number of methoxy groups -OCH3 is 1. The molecule has 0 radical (unpaired) electrons. The Balaban J connectivity index is 2.20. The molecule has 1 unspecified atom stereocenters. The Morgan fingerprint density at radius 3 is 2.71 bits per heavy atom. The van der Waals surface area contributed by atoms with Gasteiger partial charge < -0.3 is 14.8 Å². The lowest BCUT2D eigenvalue weighted by Crippen LogP contribution is -2.08. The van der Waals surface area contributed by atoms with Gasteiger partial charge in [-0.2, -0.15) is 0 Å². The summed E-state index contributed by atoms with van der Waals surface area (Å²) in [5.41, 5.74) is 1.86. The van der Waals surface area contributed by atoms with Crippen LogP contribution in [0, 0.1) is 5.82 Å². The van der Waals surface area contributed by atoms with Crippen molar-refractivity contribution in [2.45, 2.75) is 19.9 Å². The standard InChI is InChI=1S/C17H20FNO2/c1-4-21-17-11-14(18)8-9-16(17)19-12(2)13-6-5-7-15(10-13)20-3/h5-12,19H,4H2,1-3H3. The first-order chi connectivity index (χ1) is 10.1. The Bertz CT molecular complexity index is 601. The van der Waals surface area contributed by atoms with Gasteiger partial charge in [0.25, 0.3) is 0 Å². The first kappa shape index (κ1) is 15.2. The van der Waals surface area contributed by atoms with Gasteiger partial charge in [-0.25, -0.2) is 4.39 Å². The number of nitrogens with one attached hydrogen (secondary N) is 1. The number of benzene rings is 2. The smallest absolute Gasteiger partial charge is 0.145 e. The fourth-order valence-electron chi connectivity index (χ4n) is 2.12. The van der Waals surface area contributed by atoms with E-state index in [0.717, 1.165) is 17.0 Å². The molecule has 0 aromatic heterocycles. The van der Waals surface area contributed by atoms with E-state index in [1.54, 1.807) is 13.2 Å². The van der Waals surface area contributed by atoms with Crippen molar-refractivity contribution < 1.29 is 13.9 Å². The van der Waals surface area contributed by atoms with Crippen LogP contribution in [0.15, 0.2) is 42.5 Å². The third-order valence-corrected chi connectivity index (χ3v) is 3.21. The number of hydrogen-bond acceptors (Lipinski definition) is 3. The van der Waals surface area contributed by atoms with Gasteiger partial charge in [-0.15, -0.1) is 0 Å². The van der Waals surface area contributed by atoms with Gasteiger partial charge in [0, 0.05) is 12.1 Å². The lowest BCUT2D eigenvalue weighted by molar-refractivity contribution is 0.339. The summed E-state index contributed by atoms with van der Waals surface area (Å²) in [4.78, 5) is 0. The maximum Gasteiger partial charge on any atom is 0.145 e. The third-order valence-electron chi connectivity index (χ3n) is 3.21. The number of halogens is 1. The van der Waals surface area contributed by atoms with Gasteiger partial charge in [0.1, 0.15) is 17.3 Å². The van der Waals surface area contributed by atoms with Gasteiger partial charge in [0.15, 0.2) is 0 Å². The lowest BCUT2D eigenvalue weighted by atomic mass is 10.1. The average Bonchev–Trinajstić information content (AvgIpc) is 2.50. The number of hydrogen-bond donors (Lipinski definition) is 1. The molecule has 0 amide bonds. The average molecular weight is 289 g/mol. The second kappa shape index (κ2) is 6.97. The highest BCUT2D eigenvalue weighted by Crippen LogP contribution is 2.30. The summed E-state index contributed by atoms with van der Waals surface area (Å²) in [5, 5.41) is 3.34. The molecule has 0 heterocycles. The second-order valence-electron chi connectivity index (χ2n) is 4.72. The minimum atomic E-state index is -0.307. The molecule has 2 aromatic carbocycles. The minimum absolute atomic E-state index is 0.0461. The zero-order chi connectivity index (χ0) is 15.2. The second-order valence-corrected chi connectivity index (χ2v) is 4.72. The van der Waals surface area contributed by atoms with Crippen LogP contribution in [0.5, 0.6) is 11.5 Å². The van der Waals surface area contributed by atoms with E-state index in [9.17, 15) is 4.39 Å². The molecule has 0 fully saturated rings. The van der Waals surface area contributed by atoms with Crippen molar-refractivity contribution >= 4 is 5.69 Å². The summed E-state index contributed by atoms with van der Waals surface area (Å²) in [6.45, 7) is 4.40. The van der Waals surface area contributed by atoms with Crippen molar-refractivity contribution in [2.24, 2.45) is 0 Å². The van der Waals surface area contributed by atoms with E-state index in [-0.39, 0.29) is 11.9 Å². The fourth-order valence-corrected chi connectivity index (χ4v) is 2.12. The van der Waals surface area contributed by atoms with Crippen LogP contribution in [-0.2, 0) is 0 Å². The Morgan fingerprint density at radius 1 is 1.19 bits per heavy atom. The summed E-state index contributed by atoms with van der Waals surface area (Å²) in [6, 6.07) is 12.4. The van der Waals surface area contributed by atoms with Gasteiger partial charge in [-0.1, -0.05) is 12.1 Å². The predicted octanol–water partition coefficient (Wildman–Crippen LogP) is 4.41. The molecule has 112 valence electrons. The van der Waals surface area contributed by atoms with Gasteiger partial charge in [-0.3, -0.25) is 0 Å². The first-order valence-corrected chi connectivity index (χ1v) is 6.97. The maximum absolute atomic E-state index is 13.3. The predicted molar refractivity (Wildman–Crippen MR) is 82.6 cm³/mol. The quantitative estimate of drug-likeness (QED) is 0.854. The first-order valence-electron chi connectivity index (χ1n) is 6.97. The molecule has 0 saturated heterocycles. The topological polar surface area (TPSA) is 30.5 Å². The maximum atomic E-state index is 13.3.